The van der Waals surface area contributed by atoms with Crippen molar-refractivity contribution >= 4 is 17.7 Å². The molecule has 0 radical (unpaired) electrons. The van der Waals surface area contributed by atoms with Crippen LogP contribution in [0.2, 0.25) is 0 Å². The minimum absolute atomic E-state index is 0.273. The standard InChI is InChI=1S/C20H30N2O4/c1-5-6-7-10-13-25-22-17-12-9-8-11-15(17)14-16(18(22)23)21-19(24)26-20(2,3)4/h8-9,11-12,16H,5-7,10,13-14H2,1-4H3,(H,21,24)/t16-/m0/s1. The molecule has 0 aromatic heterocycles. The quantitative estimate of drug-likeness (QED) is 0.745. The zero-order valence-corrected chi connectivity index (χ0v) is 16.2. The molecule has 6 nitrogen and oxygen atoms in total. The fourth-order valence-corrected chi connectivity index (χ4v) is 2.83. The summed E-state index contributed by atoms with van der Waals surface area (Å²) in [6.07, 6.45) is 4.08. The normalized spacial score (nSPS) is 17.0. The highest BCUT2D eigenvalue weighted by atomic mass is 16.7. The van der Waals surface area contributed by atoms with E-state index >= 15 is 0 Å². The van der Waals surface area contributed by atoms with Gasteiger partial charge in [-0.15, -0.1) is 0 Å². The number of amides is 2. The first-order valence-electron chi connectivity index (χ1n) is 9.36. The third-order valence-corrected chi connectivity index (χ3v) is 4.04. The molecular formula is C20H30N2O4. The fourth-order valence-electron chi connectivity index (χ4n) is 2.83. The monoisotopic (exact) mass is 362 g/mol. The molecule has 2 amide bonds. The molecule has 0 aliphatic carbocycles. The van der Waals surface area contributed by atoms with Gasteiger partial charge in [0.1, 0.15) is 11.6 Å². The van der Waals surface area contributed by atoms with E-state index in [1.54, 1.807) is 20.8 Å². The molecule has 0 fully saturated rings. The molecule has 0 saturated heterocycles. The molecule has 1 aromatic carbocycles. The van der Waals surface area contributed by atoms with E-state index < -0.39 is 17.7 Å². The lowest BCUT2D eigenvalue weighted by Crippen LogP contribution is -2.53. The van der Waals surface area contributed by atoms with Gasteiger partial charge in [0.15, 0.2) is 0 Å². The SMILES string of the molecule is CCCCCCON1C(=O)[C@@H](NC(=O)OC(C)(C)C)Cc2ccccc21. The van der Waals surface area contributed by atoms with Gasteiger partial charge in [-0.25, -0.2) is 4.79 Å². The van der Waals surface area contributed by atoms with Crippen LogP contribution < -0.4 is 10.4 Å². The number of hydrogen-bond acceptors (Lipinski definition) is 4. The Balaban J connectivity index is 2.06. The van der Waals surface area contributed by atoms with Crippen LogP contribution in [-0.4, -0.2) is 30.3 Å². The first-order chi connectivity index (χ1) is 12.3. The van der Waals surface area contributed by atoms with Crippen LogP contribution in [0.25, 0.3) is 0 Å². The van der Waals surface area contributed by atoms with E-state index in [0.717, 1.165) is 36.9 Å². The van der Waals surface area contributed by atoms with Gasteiger partial charge in [0.25, 0.3) is 5.91 Å². The maximum Gasteiger partial charge on any atom is 0.408 e. The molecule has 144 valence electrons. The molecule has 0 bridgehead atoms. The van der Waals surface area contributed by atoms with Crippen molar-refractivity contribution in [1.29, 1.82) is 0 Å². The number of rotatable bonds is 7. The number of hydroxylamine groups is 1. The Bertz CT molecular complexity index is 624. The van der Waals surface area contributed by atoms with Crippen molar-refractivity contribution in [1.82, 2.24) is 5.32 Å². The highest BCUT2D eigenvalue weighted by molar-refractivity contribution is 6.00. The molecular weight excluding hydrogens is 332 g/mol. The second-order valence-electron chi connectivity index (χ2n) is 7.56. The summed E-state index contributed by atoms with van der Waals surface area (Å²) in [5.74, 6) is -0.273. The van der Waals surface area contributed by atoms with E-state index in [0.29, 0.717) is 13.0 Å². The van der Waals surface area contributed by atoms with Crippen LogP contribution in [0.15, 0.2) is 24.3 Å². The molecule has 1 aromatic rings. The van der Waals surface area contributed by atoms with E-state index in [2.05, 4.69) is 12.2 Å². The van der Waals surface area contributed by atoms with E-state index in [1.807, 2.05) is 24.3 Å². The third-order valence-electron chi connectivity index (χ3n) is 4.04. The van der Waals surface area contributed by atoms with Crippen molar-refractivity contribution in [2.24, 2.45) is 0 Å². The van der Waals surface area contributed by atoms with Crippen molar-refractivity contribution in [2.75, 3.05) is 11.7 Å². The van der Waals surface area contributed by atoms with Crippen LogP contribution in [0.4, 0.5) is 10.5 Å². The Morgan fingerprint density at radius 1 is 1.23 bits per heavy atom. The zero-order chi connectivity index (χ0) is 19.2. The van der Waals surface area contributed by atoms with Crippen molar-refractivity contribution < 1.29 is 19.2 Å². The lowest BCUT2D eigenvalue weighted by molar-refractivity contribution is -0.128. The molecule has 1 heterocycles. The number of hydrogen-bond donors (Lipinski definition) is 1. The first kappa shape index (κ1) is 20.2. The molecule has 1 aliphatic rings. The number of fused-ring (bicyclic) bond motifs is 1. The maximum atomic E-state index is 12.8. The van der Waals surface area contributed by atoms with Gasteiger partial charge in [0.2, 0.25) is 0 Å². The number of ether oxygens (including phenoxy) is 1. The topological polar surface area (TPSA) is 67.9 Å². The molecule has 26 heavy (non-hydrogen) atoms. The summed E-state index contributed by atoms with van der Waals surface area (Å²) in [4.78, 5) is 30.7. The molecule has 1 atom stereocenters. The molecule has 6 heteroatoms. The second kappa shape index (κ2) is 9.03. The number of nitrogens with zero attached hydrogens (tertiary/aromatic N) is 1. The number of carbonyl (C=O) groups is 2. The smallest absolute Gasteiger partial charge is 0.408 e. The van der Waals surface area contributed by atoms with Crippen LogP contribution >= 0.6 is 0 Å². The van der Waals surface area contributed by atoms with Gasteiger partial charge in [-0.1, -0.05) is 44.4 Å². The summed E-state index contributed by atoms with van der Waals surface area (Å²) < 4.78 is 5.28. The molecule has 2 rings (SSSR count). The highest BCUT2D eigenvalue weighted by Gasteiger charge is 2.35. The predicted octanol–water partition coefficient (Wildman–Crippen LogP) is 3.98. The van der Waals surface area contributed by atoms with E-state index in [1.165, 1.54) is 5.06 Å². The van der Waals surface area contributed by atoms with Gasteiger partial charge in [-0.05, 0) is 38.8 Å². The average molecular weight is 362 g/mol. The fraction of sp³-hybridized carbons (Fsp3) is 0.600. The summed E-state index contributed by atoms with van der Waals surface area (Å²) >= 11 is 0. The lowest BCUT2D eigenvalue weighted by atomic mass is 9.99. The van der Waals surface area contributed by atoms with Gasteiger partial charge in [0.05, 0.1) is 12.3 Å². The van der Waals surface area contributed by atoms with Gasteiger partial charge in [0, 0.05) is 6.42 Å². The van der Waals surface area contributed by atoms with Crippen molar-refractivity contribution in [3.8, 4) is 0 Å². The minimum Gasteiger partial charge on any atom is -0.444 e. The van der Waals surface area contributed by atoms with Crippen LogP contribution in [0.1, 0.15) is 58.9 Å². The molecule has 0 saturated carbocycles. The van der Waals surface area contributed by atoms with Gasteiger partial charge in [-0.3, -0.25) is 9.63 Å². The maximum absolute atomic E-state index is 12.8. The second-order valence-corrected chi connectivity index (χ2v) is 7.56. The Morgan fingerprint density at radius 3 is 2.65 bits per heavy atom. The van der Waals surface area contributed by atoms with Crippen LogP contribution in [-0.2, 0) is 20.8 Å². The Kier molecular flexibility index (Phi) is 7.03. The Hall–Kier alpha value is -2.08. The zero-order valence-electron chi connectivity index (χ0n) is 16.2. The van der Waals surface area contributed by atoms with Gasteiger partial charge in [-0.2, -0.15) is 5.06 Å². The predicted molar refractivity (Wildman–Crippen MR) is 101 cm³/mol. The lowest BCUT2D eigenvalue weighted by Gasteiger charge is -2.33. The van der Waals surface area contributed by atoms with Crippen LogP contribution in [0, 0.1) is 0 Å². The number of benzene rings is 1. The van der Waals surface area contributed by atoms with Crippen molar-refractivity contribution in [3.63, 3.8) is 0 Å². The van der Waals surface area contributed by atoms with Crippen molar-refractivity contribution in [2.45, 2.75) is 71.4 Å². The van der Waals surface area contributed by atoms with Crippen molar-refractivity contribution in [3.05, 3.63) is 29.8 Å². The number of nitrogens with one attached hydrogen (secondary N) is 1. The van der Waals surface area contributed by atoms with E-state index in [9.17, 15) is 9.59 Å². The average Bonchev–Trinajstić information content (AvgIpc) is 2.55. The Labute approximate surface area is 155 Å². The minimum atomic E-state index is -0.699. The molecule has 1 aliphatic heterocycles. The first-order valence-corrected chi connectivity index (χ1v) is 9.36. The summed E-state index contributed by atoms with van der Waals surface area (Å²) in [5, 5.41) is 4.00. The van der Waals surface area contributed by atoms with Crippen LogP contribution in [0.5, 0.6) is 0 Å². The number of unbranched alkanes of at least 4 members (excludes halogenated alkanes) is 3. The molecule has 0 spiro atoms. The summed E-state index contributed by atoms with van der Waals surface area (Å²) in [5.41, 5.74) is 1.09. The van der Waals surface area contributed by atoms with Gasteiger partial charge < -0.3 is 10.1 Å². The Morgan fingerprint density at radius 2 is 1.96 bits per heavy atom. The van der Waals surface area contributed by atoms with E-state index in [-0.39, 0.29) is 5.91 Å². The molecule has 0 unspecified atom stereocenters. The number of para-hydroxylation sites is 1. The largest absolute Gasteiger partial charge is 0.444 e. The summed E-state index contributed by atoms with van der Waals surface area (Å²) in [6, 6.07) is 6.90. The number of carbonyl (C=O) groups excluding carboxylic acids is 2. The van der Waals surface area contributed by atoms with Gasteiger partial charge >= 0.3 is 6.09 Å². The van der Waals surface area contributed by atoms with E-state index in [4.69, 9.17) is 9.57 Å². The summed E-state index contributed by atoms with van der Waals surface area (Å²) in [7, 11) is 0. The molecule has 1 N–H and O–H groups in total. The third kappa shape index (κ3) is 5.73. The van der Waals surface area contributed by atoms with Crippen LogP contribution in [0.3, 0.4) is 0 Å². The number of anilines is 1. The highest BCUT2D eigenvalue weighted by Crippen LogP contribution is 2.28. The summed E-state index contributed by atoms with van der Waals surface area (Å²) in [6.45, 7) is 7.99. The number of alkyl carbamates (subject to hydrolysis) is 1.